The highest BCUT2D eigenvalue weighted by Gasteiger charge is 2.15. The van der Waals surface area contributed by atoms with E-state index in [1.54, 1.807) is 0 Å². The first-order valence-electron chi connectivity index (χ1n) is 12.0. The van der Waals surface area contributed by atoms with E-state index < -0.39 is 0 Å². The van der Waals surface area contributed by atoms with Crippen LogP contribution in [0, 0.1) is 0 Å². The second kappa shape index (κ2) is 6.94. The average Bonchev–Trinajstić information content (AvgIpc) is 3.31. The summed E-state index contributed by atoms with van der Waals surface area (Å²) >= 11 is 0. The topological polar surface area (TPSA) is 13.1 Å². The lowest BCUT2D eigenvalue weighted by Gasteiger charge is -2.10. The molecule has 8 aromatic rings. The summed E-state index contributed by atoms with van der Waals surface area (Å²) in [6.45, 7) is 0. The summed E-state index contributed by atoms with van der Waals surface area (Å²) in [5.74, 6) is 0. The van der Waals surface area contributed by atoms with Crippen LogP contribution in [-0.4, -0.2) is 0 Å². The molecule has 1 heterocycles. The van der Waals surface area contributed by atoms with Gasteiger partial charge in [0.2, 0.25) is 0 Å². The Hall–Kier alpha value is -4.62. The summed E-state index contributed by atoms with van der Waals surface area (Å²) in [5, 5.41) is 12.3. The monoisotopic (exact) mass is 444 g/mol. The predicted molar refractivity (Wildman–Crippen MR) is 149 cm³/mol. The van der Waals surface area contributed by atoms with Gasteiger partial charge in [0.15, 0.2) is 0 Å². The molecule has 0 aliphatic heterocycles. The molecular formula is C34H20O. The lowest BCUT2D eigenvalue weighted by molar-refractivity contribution is 0.673. The van der Waals surface area contributed by atoms with E-state index in [1.807, 2.05) is 0 Å². The van der Waals surface area contributed by atoms with Crippen LogP contribution in [0.25, 0.3) is 76.2 Å². The maximum atomic E-state index is 6.43. The SMILES string of the molecule is c1ccc2cc3c(ccc4ccc(-c5cccc6oc7c8ccccc8ccc7c56)cc43)cc2c1. The third-order valence-corrected chi connectivity index (χ3v) is 7.40. The molecule has 0 amide bonds. The molecule has 0 N–H and O–H groups in total. The number of fused-ring (bicyclic) bond motifs is 9. The van der Waals surface area contributed by atoms with E-state index >= 15 is 0 Å². The van der Waals surface area contributed by atoms with E-state index in [0.717, 1.165) is 16.6 Å². The van der Waals surface area contributed by atoms with Crippen molar-refractivity contribution in [2.24, 2.45) is 0 Å². The Bertz CT molecular complexity index is 2110. The molecule has 1 aromatic heterocycles. The van der Waals surface area contributed by atoms with Gasteiger partial charge in [-0.15, -0.1) is 0 Å². The van der Waals surface area contributed by atoms with Gasteiger partial charge in [0, 0.05) is 16.2 Å². The molecule has 35 heavy (non-hydrogen) atoms. The van der Waals surface area contributed by atoms with E-state index in [2.05, 4.69) is 121 Å². The fourth-order valence-electron chi connectivity index (χ4n) is 5.71. The summed E-state index contributed by atoms with van der Waals surface area (Å²) in [7, 11) is 0. The Morgan fingerprint density at radius 3 is 2.00 bits per heavy atom. The van der Waals surface area contributed by atoms with Crippen molar-refractivity contribution >= 4 is 65.0 Å². The smallest absolute Gasteiger partial charge is 0.143 e. The van der Waals surface area contributed by atoms with Gasteiger partial charge in [-0.3, -0.25) is 0 Å². The fourth-order valence-corrected chi connectivity index (χ4v) is 5.71. The van der Waals surface area contributed by atoms with Gasteiger partial charge >= 0.3 is 0 Å². The highest BCUT2D eigenvalue weighted by Crippen LogP contribution is 2.40. The molecule has 162 valence electrons. The van der Waals surface area contributed by atoms with Gasteiger partial charge in [-0.05, 0) is 79.2 Å². The van der Waals surface area contributed by atoms with Gasteiger partial charge < -0.3 is 4.42 Å². The van der Waals surface area contributed by atoms with Gasteiger partial charge in [0.25, 0.3) is 0 Å². The summed E-state index contributed by atoms with van der Waals surface area (Å²) in [4.78, 5) is 0. The minimum Gasteiger partial charge on any atom is -0.455 e. The van der Waals surface area contributed by atoms with E-state index in [-0.39, 0.29) is 0 Å². The van der Waals surface area contributed by atoms with Crippen LogP contribution in [0.5, 0.6) is 0 Å². The van der Waals surface area contributed by atoms with Crippen molar-refractivity contribution in [3.8, 4) is 11.1 Å². The molecule has 0 bridgehead atoms. The molecule has 0 aliphatic rings. The average molecular weight is 445 g/mol. The van der Waals surface area contributed by atoms with Crippen molar-refractivity contribution < 1.29 is 4.42 Å². The second-order valence-electron chi connectivity index (χ2n) is 9.37. The molecule has 0 spiro atoms. The quantitative estimate of drug-likeness (QED) is 0.181. The Balaban J connectivity index is 1.44. The summed E-state index contributed by atoms with van der Waals surface area (Å²) in [6.07, 6.45) is 0. The molecule has 8 rings (SSSR count). The third kappa shape index (κ3) is 2.70. The molecule has 0 unspecified atom stereocenters. The van der Waals surface area contributed by atoms with E-state index in [0.29, 0.717) is 0 Å². The number of furan rings is 1. The minimum absolute atomic E-state index is 0.929. The molecule has 0 radical (unpaired) electrons. The first kappa shape index (κ1) is 18.8. The van der Waals surface area contributed by atoms with Crippen LogP contribution in [0.15, 0.2) is 126 Å². The van der Waals surface area contributed by atoms with Crippen LogP contribution < -0.4 is 0 Å². The molecule has 0 fully saturated rings. The van der Waals surface area contributed by atoms with Gasteiger partial charge in [0.1, 0.15) is 11.2 Å². The van der Waals surface area contributed by atoms with Gasteiger partial charge in [-0.1, -0.05) is 91.0 Å². The number of hydrogen-bond acceptors (Lipinski definition) is 1. The van der Waals surface area contributed by atoms with Gasteiger partial charge in [-0.25, -0.2) is 0 Å². The first-order chi connectivity index (χ1) is 17.3. The summed E-state index contributed by atoms with van der Waals surface area (Å²) < 4.78 is 6.43. The van der Waals surface area contributed by atoms with Crippen LogP contribution in [0.1, 0.15) is 0 Å². The van der Waals surface area contributed by atoms with Crippen molar-refractivity contribution in [3.63, 3.8) is 0 Å². The molecule has 0 saturated heterocycles. The van der Waals surface area contributed by atoms with E-state index in [9.17, 15) is 0 Å². The van der Waals surface area contributed by atoms with Crippen LogP contribution >= 0.6 is 0 Å². The Labute approximate surface area is 201 Å². The van der Waals surface area contributed by atoms with Gasteiger partial charge in [0.05, 0.1) is 0 Å². The lowest BCUT2D eigenvalue weighted by Crippen LogP contribution is -1.83. The normalized spacial score (nSPS) is 12.0. The summed E-state index contributed by atoms with van der Waals surface area (Å²) in [6, 6.07) is 43.8. The molecule has 0 saturated carbocycles. The number of rotatable bonds is 1. The molecular weight excluding hydrogens is 424 g/mol. The van der Waals surface area contributed by atoms with Crippen molar-refractivity contribution in [2.45, 2.75) is 0 Å². The molecule has 0 atom stereocenters. The zero-order chi connectivity index (χ0) is 22.9. The predicted octanol–water partition coefficient (Wildman–Crippen LogP) is 9.87. The highest BCUT2D eigenvalue weighted by atomic mass is 16.3. The van der Waals surface area contributed by atoms with Crippen LogP contribution in [0.2, 0.25) is 0 Å². The van der Waals surface area contributed by atoms with Crippen LogP contribution in [0.4, 0.5) is 0 Å². The van der Waals surface area contributed by atoms with E-state index in [1.165, 1.54) is 59.6 Å². The van der Waals surface area contributed by atoms with Crippen molar-refractivity contribution in [1.29, 1.82) is 0 Å². The van der Waals surface area contributed by atoms with E-state index in [4.69, 9.17) is 4.42 Å². The lowest BCUT2D eigenvalue weighted by atomic mass is 9.93. The standard InChI is InChI=1S/C34H20O/c1-2-8-24-19-31-25(18-23(24)7-1)14-12-22-13-15-26(20-30(22)31)27-10-5-11-32-33(27)29-17-16-21-6-3-4-9-28(21)34(29)35-32/h1-20H. The maximum Gasteiger partial charge on any atom is 0.143 e. The van der Waals surface area contributed by atoms with Crippen molar-refractivity contribution in [3.05, 3.63) is 121 Å². The summed E-state index contributed by atoms with van der Waals surface area (Å²) in [5.41, 5.74) is 4.30. The molecule has 1 heteroatoms. The third-order valence-electron chi connectivity index (χ3n) is 7.40. The number of benzene rings is 7. The maximum absolute atomic E-state index is 6.43. The minimum atomic E-state index is 0.929. The molecule has 0 aliphatic carbocycles. The fraction of sp³-hybridized carbons (Fsp3) is 0. The first-order valence-corrected chi connectivity index (χ1v) is 12.0. The molecule has 7 aromatic carbocycles. The Morgan fingerprint density at radius 2 is 1.09 bits per heavy atom. The van der Waals surface area contributed by atoms with Crippen LogP contribution in [-0.2, 0) is 0 Å². The zero-order valence-electron chi connectivity index (χ0n) is 19.0. The van der Waals surface area contributed by atoms with Crippen molar-refractivity contribution in [2.75, 3.05) is 0 Å². The highest BCUT2D eigenvalue weighted by molar-refractivity contribution is 6.20. The Kier molecular flexibility index (Phi) is 3.72. The largest absolute Gasteiger partial charge is 0.455 e. The zero-order valence-corrected chi connectivity index (χ0v) is 19.0. The van der Waals surface area contributed by atoms with Crippen molar-refractivity contribution in [1.82, 2.24) is 0 Å². The second-order valence-corrected chi connectivity index (χ2v) is 9.37. The Morgan fingerprint density at radius 1 is 0.400 bits per heavy atom. The van der Waals surface area contributed by atoms with Crippen LogP contribution in [0.3, 0.4) is 0 Å². The number of hydrogen-bond donors (Lipinski definition) is 0. The van der Waals surface area contributed by atoms with Gasteiger partial charge in [-0.2, -0.15) is 0 Å². The molecule has 1 nitrogen and oxygen atoms in total.